The van der Waals surface area contributed by atoms with Gasteiger partial charge in [-0.25, -0.2) is 9.59 Å². The number of esters is 3. The van der Waals surface area contributed by atoms with Crippen LogP contribution in [0.25, 0.3) is 10.8 Å². The van der Waals surface area contributed by atoms with Gasteiger partial charge in [-0.15, -0.1) is 0 Å². The van der Waals surface area contributed by atoms with Crippen molar-refractivity contribution in [2.45, 2.75) is 39.0 Å². The summed E-state index contributed by atoms with van der Waals surface area (Å²) in [5.74, 6) is -1.84. The van der Waals surface area contributed by atoms with Gasteiger partial charge in [0, 0.05) is 16.3 Å². The lowest BCUT2D eigenvalue weighted by molar-refractivity contribution is -0.142. The van der Waals surface area contributed by atoms with Gasteiger partial charge < -0.3 is 23.1 Å². The van der Waals surface area contributed by atoms with Crippen LogP contribution in [0, 0.1) is 6.92 Å². The summed E-state index contributed by atoms with van der Waals surface area (Å²) in [5, 5.41) is 0.570. The molecule has 0 N–H and O–H groups in total. The molecule has 0 radical (unpaired) electrons. The Morgan fingerprint density at radius 2 is 1.50 bits per heavy atom. The molecule has 0 saturated carbocycles. The first-order valence-corrected chi connectivity index (χ1v) is 13.9. The zero-order valence-corrected chi connectivity index (χ0v) is 23.4. The molecular formula is C29H30O10S. The van der Waals surface area contributed by atoms with Crippen molar-refractivity contribution in [3.63, 3.8) is 0 Å². The van der Waals surface area contributed by atoms with Crippen LogP contribution >= 0.6 is 0 Å². The maximum absolute atomic E-state index is 12.9. The minimum absolute atomic E-state index is 0.0401. The molecular weight excluding hydrogens is 540 g/mol. The van der Waals surface area contributed by atoms with Gasteiger partial charge in [0.1, 0.15) is 16.4 Å². The third-order valence-electron chi connectivity index (χ3n) is 5.46. The molecule has 0 fully saturated rings. The van der Waals surface area contributed by atoms with E-state index in [1.54, 1.807) is 32.9 Å². The van der Waals surface area contributed by atoms with Gasteiger partial charge in [0.05, 0.1) is 44.1 Å². The molecule has 0 unspecified atom stereocenters. The number of aryl methyl sites for hydroxylation is 1. The lowest BCUT2D eigenvalue weighted by Gasteiger charge is -2.16. The summed E-state index contributed by atoms with van der Waals surface area (Å²) in [5.41, 5.74) is 1.21. The molecule has 212 valence electrons. The van der Waals surface area contributed by atoms with Crippen molar-refractivity contribution in [3.05, 3.63) is 77.6 Å². The number of rotatable bonds is 12. The number of ether oxygens (including phenoxy) is 4. The van der Waals surface area contributed by atoms with E-state index in [1.165, 1.54) is 36.4 Å². The maximum Gasteiger partial charge on any atom is 0.339 e. The fourth-order valence-electron chi connectivity index (χ4n) is 3.73. The van der Waals surface area contributed by atoms with Crippen LogP contribution < -0.4 is 8.92 Å². The standard InChI is InChI=1S/C29H30O10S/c1-5-35-26(30)14-15-38-28-20(17-27(31)36-6-2)16-25(29(32)37-7-3)24-18-21(10-13-23(24)28)39-40(33,34)22-11-8-19(4)9-12-22/h8-16,18H,5-7,17H2,1-4H3/b15-14+. The van der Waals surface area contributed by atoms with Crippen molar-refractivity contribution in [2.75, 3.05) is 19.8 Å². The lowest BCUT2D eigenvalue weighted by Crippen LogP contribution is -2.12. The summed E-state index contributed by atoms with van der Waals surface area (Å²) in [6, 6.07) is 11.8. The van der Waals surface area contributed by atoms with Gasteiger partial charge in [-0.05, 0) is 64.1 Å². The van der Waals surface area contributed by atoms with Crippen molar-refractivity contribution in [1.29, 1.82) is 0 Å². The predicted octanol–water partition coefficient (Wildman–Crippen LogP) is 4.65. The summed E-state index contributed by atoms with van der Waals surface area (Å²) < 4.78 is 52.1. The minimum Gasteiger partial charge on any atom is -0.466 e. The fourth-order valence-corrected chi connectivity index (χ4v) is 4.65. The highest BCUT2D eigenvalue weighted by Gasteiger charge is 2.23. The summed E-state index contributed by atoms with van der Waals surface area (Å²) in [6.07, 6.45) is 1.91. The average molecular weight is 571 g/mol. The molecule has 0 aromatic heterocycles. The minimum atomic E-state index is -4.18. The topological polar surface area (TPSA) is 132 Å². The smallest absolute Gasteiger partial charge is 0.339 e. The van der Waals surface area contributed by atoms with Gasteiger partial charge >= 0.3 is 28.0 Å². The maximum atomic E-state index is 12.9. The van der Waals surface area contributed by atoms with Gasteiger partial charge in [0.2, 0.25) is 0 Å². The summed E-state index contributed by atoms with van der Waals surface area (Å²) in [4.78, 5) is 37.0. The van der Waals surface area contributed by atoms with Crippen LogP contribution in [0.15, 0.2) is 65.8 Å². The molecule has 3 aromatic carbocycles. The molecule has 0 amide bonds. The summed E-state index contributed by atoms with van der Waals surface area (Å²) in [7, 11) is -4.18. The molecule has 0 aliphatic rings. The zero-order chi connectivity index (χ0) is 29.3. The van der Waals surface area contributed by atoms with Crippen LogP contribution in [0.3, 0.4) is 0 Å². The Morgan fingerprint density at radius 3 is 2.15 bits per heavy atom. The van der Waals surface area contributed by atoms with Crippen LogP contribution in [0.1, 0.15) is 42.3 Å². The van der Waals surface area contributed by atoms with Crippen molar-refractivity contribution in [1.82, 2.24) is 0 Å². The first kappa shape index (κ1) is 30.2. The first-order valence-electron chi connectivity index (χ1n) is 12.5. The van der Waals surface area contributed by atoms with Gasteiger partial charge in [-0.3, -0.25) is 4.79 Å². The Labute approximate surface area is 232 Å². The molecule has 0 atom stereocenters. The SMILES string of the molecule is CCOC(=O)/C=C/Oc1c(CC(=O)OCC)cc(C(=O)OCC)c2cc(OS(=O)(=O)c3ccc(C)cc3)ccc12. The average Bonchev–Trinajstić information content (AvgIpc) is 2.90. The Balaban J connectivity index is 2.16. The van der Waals surface area contributed by atoms with Crippen LogP contribution in [0.2, 0.25) is 0 Å². The van der Waals surface area contributed by atoms with Crippen molar-refractivity contribution in [3.8, 4) is 11.5 Å². The molecule has 0 aliphatic heterocycles. The molecule has 0 heterocycles. The van der Waals surface area contributed by atoms with Gasteiger partial charge in [-0.2, -0.15) is 8.42 Å². The van der Waals surface area contributed by atoms with Crippen LogP contribution in [0.5, 0.6) is 11.5 Å². The zero-order valence-electron chi connectivity index (χ0n) is 22.6. The van der Waals surface area contributed by atoms with E-state index in [1.807, 2.05) is 6.92 Å². The van der Waals surface area contributed by atoms with E-state index in [0.29, 0.717) is 5.39 Å². The number of carbonyl (C=O) groups is 3. The second kappa shape index (κ2) is 13.6. The first-order chi connectivity index (χ1) is 19.1. The highest BCUT2D eigenvalue weighted by Crippen LogP contribution is 2.37. The monoisotopic (exact) mass is 570 g/mol. The third-order valence-corrected chi connectivity index (χ3v) is 6.73. The molecule has 0 saturated heterocycles. The van der Waals surface area contributed by atoms with E-state index in [-0.39, 0.29) is 59.1 Å². The van der Waals surface area contributed by atoms with Crippen LogP contribution in [-0.2, 0) is 40.3 Å². The lowest BCUT2D eigenvalue weighted by atomic mass is 9.97. The van der Waals surface area contributed by atoms with E-state index < -0.39 is 28.0 Å². The molecule has 0 aliphatic carbocycles. The highest BCUT2D eigenvalue weighted by molar-refractivity contribution is 7.87. The molecule has 0 bridgehead atoms. The normalized spacial score (nSPS) is 11.3. The second-order valence-corrected chi connectivity index (χ2v) is 9.89. The van der Waals surface area contributed by atoms with Gasteiger partial charge in [0.25, 0.3) is 0 Å². The Hall–Kier alpha value is -4.38. The summed E-state index contributed by atoms with van der Waals surface area (Å²) >= 11 is 0. The molecule has 3 rings (SSSR count). The van der Waals surface area contributed by atoms with Crippen molar-refractivity contribution < 1.29 is 45.9 Å². The Morgan fingerprint density at radius 1 is 0.825 bits per heavy atom. The highest BCUT2D eigenvalue weighted by atomic mass is 32.2. The van der Waals surface area contributed by atoms with Gasteiger partial charge in [-0.1, -0.05) is 17.7 Å². The van der Waals surface area contributed by atoms with Crippen LogP contribution in [-0.4, -0.2) is 46.1 Å². The third kappa shape index (κ3) is 7.60. The van der Waals surface area contributed by atoms with Crippen molar-refractivity contribution in [2.24, 2.45) is 0 Å². The second-order valence-electron chi connectivity index (χ2n) is 8.35. The van der Waals surface area contributed by atoms with Gasteiger partial charge in [0.15, 0.2) is 0 Å². The Bertz CT molecular complexity index is 1520. The van der Waals surface area contributed by atoms with E-state index in [0.717, 1.165) is 17.9 Å². The number of carbonyl (C=O) groups excluding carboxylic acids is 3. The van der Waals surface area contributed by atoms with Crippen LogP contribution in [0.4, 0.5) is 0 Å². The number of hydrogen-bond acceptors (Lipinski definition) is 10. The molecule has 40 heavy (non-hydrogen) atoms. The van der Waals surface area contributed by atoms with E-state index in [4.69, 9.17) is 23.1 Å². The van der Waals surface area contributed by atoms with E-state index in [2.05, 4.69) is 0 Å². The predicted molar refractivity (Wildman–Crippen MR) is 146 cm³/mol. The van der Waals surface area contributed by atoms with E-state index >= 15 is 0 Å². The number of benzene rings is 3. The molecule has 0 spiro atoms. The largest absolute Gasteiger partial charge is 0.466 e. The number of fused-ring (bicyclic) bond motifs is 1. The molecule has 3 aromatic rings. The fraction of sp³-hybridized carbons (Fsp3) is 0.276. The summed E-state index contributed by atoms with van der Waals surface area (Å²) in [6.45, 7) is 7.18. The quantitative estimate of drug-likeness (QED) is 0.0996. The molecule has 11 heteroatoms. The van der Waals surface area contributed by atoms with Crippen molar-refractivity contribution >= 4 is 38.8 Å². The Kier molecular flexibility index (Phi) is 10.3. The van der Waals surface area contributed by atoms with E-state index in [9.17, 15) is 22.8 Å². The molecule has 10 nitrogen and oxygen atoms in total. The number of hydrogen-bond donors (Lipinski definition) is 0.